The summed E-state index contributed by atoms with van der Waals surface area (Å²) in [6.45, 7) is 9.18. The van der Waals surface area contributed by atoms with Crippen LogP contribution in [0.4, 0.5) is 0 Å². The number of hydrazine groups is 1. The van der Waals surface area contributed by atoms with Gasteiger partial charge in [-0.1, -0.05) is 59.1 Å². The Bertz CT molecular complexity index is 845. The molecule has 6 nitrogen and oxygen atoms in total. The molecular weight excluding hydrogens is 404 g/mol. The minimum Gasteiger partial charge on any atom is -0.494 e. The van der Waals surface area contributed by atoms with Crippen LogP contribution in [0.15, 0.2) is 48.5 Å². The molecule has 2 aromatic rings. The summed E-state index contributed by atoms with van der Waals surface area (Å²) in [5, 5.41) is 0. The van der Waals surface area contributed by atoms with E-state index < -0.39 is 11.8 Å². The summed E-state index contributed by atoms with van der Waals surface area (Å²) in [5.41, 5.74) is 6.51. The average Bonchev–Trinajstić information content (AvgIpc) is 2.81. The van der Waals surface area contributed by atoms with Crippen molar-refractivity contribution in [2.24, 2.45) is 0 Å². The fourth-order valence-corrected chi connectivity index (χ4v) is 3.01. The minimum atomic E-state index is -0.441. The molecule has 0 fully saturated rings. The topological polar surface area (TPSA) is 76.7 Å². The molecule has 2 aromatic carbocycles. The van der Waals surface area contributed by atoms with Gasteiger partial charge in [-0.15, -0.1) is 0 Å². The molecule has 0 aromatic heterocycles. The van der Waals surface area contributed by atoms with Crippen LogP contribution in [0, 0.1) is 0 Å². The van der Waals surface area contributed by atoms with E-state index in [1.165, 1.54) is 18.4 Å². The summed E-state index contributed by atoms with van der Waals surface area (Å²) in [4.78, 5) is 24.2. The number of benzene rings is 2. The van der Waals surface area contributed by atoms with Crippen LogP contribution in [0.3, 0.4) is 0 Å². The van der Waals surface area contributed by atoms with Gasteiger partial charge in [0.1, 0.15) is 11.5 Å². The highest BCUT2D eigenvalue weighted by Crippen LogP contribution is 2.28. The number of carbonyl (C=O) groups is 2. The van der Waals surface area contributed by atoms with Gasteiger partial charge in [-0.2, -0.15) is 0 Å². The van der Waals surface area contributed by atoms with Crippen molar-refractivity contribution in [1.29, 1.82) is 0 Å². The summed E-state index contributed by atoms with van der Waals surface area (Å²) in [6.07, 6.45) is 5.61. The Labute approximate surface area is 191 Å². The van der Waals surface area contributed by atoms with Gasteiger partial charge in [0.25, 0.3) is 11.8 Å². The van der Waals surface area contributed by atoms with Gasteiger partial charge in [0.15, 0.2) is 6.61 Å². The molecule has 0 spiro atoms. The quantitative estimate of drug-likeness (QED) is 0.352. The van der Waals surface area contributed by atoms with E-state index in [-0.39, 0.29) is 12.0 Å². The number of hydrogen-bond acceptors (Lipinski definition) is 4. The van der Waals surface area contributed by atoms with E-state index in [0.29, 0.717) is 17.9 Å². The van der Waals surface area contributed by atoms with Gasteiger partial charge in [-0.3, -0.25) is 20.4 Å². The molecule has 0 radical (unpaired) electrons. The Morgan fingerprint density at radius 1 is 0.812 bits per heavy atom. The van der Waals surface area contributed by atoms with E-state index in [1.54, 1.807) is 24.3 Å². The van der Waals surface area contributed by atoms with E-state index >= 15 is 0 Å². The SMILES string of the molecule is CCCCCCOc1ccc(C(=O)NNC(=O)COc2ccc(C(C)(C)CC)cc2)cc1. The van der Waals surface area contributed by atoms with Crippen molar-refractivity contribution >= 4 is 11.8 Å². The second-order valence-electron chi connectivity index (χ2n) is 8.49. The van der Waals surface area contributed by atoms with Gasteiger partial charge in [-0.05, 0) is 60.2 Å². The fourth-order valence-electron chi connectivity index (χ4n) is 3.01. The van der Waals surface area contributed by atoms with E-state index in [9.17, 15) is 9.59 Å². The van der Waals surface area contributed by atoms with Crippen molar-refractivity contribution in [2.45, 2.75) is 65.2 Å². The highest BCUT2D eigenvalue weighted by molar-refractivity contribution is 5.95. The number of unbranched alkanes of at least 4 members (excludes halogenated alkanes) is 3. The van der Waals surface area contributed by atoms with Crippen LogP contribution < -0.4 is 20.3 Å². The molecule has 0 aliphatic heterocycles. The molecule has 0 atom stereocenters. The number of carbonyl (C=O) groups excluding carboxylic acids is 2. The van der Waals surface area contributed by atoms with Crippen LogP contribution in [0.1, 0.15) is 75.7 Å². The first-order valence-corrected chi connectivity index (χ1v) is 11.4. The van der Waals surface area contributed by atoms with Crippen LogP contribution >= 0.6 is 0 Å². The number of hydrogen-bond donors (Lipinski definition) is 2. The molecule has 0 aliphatic rings. The zero-order valence-corrected chi connectivity index (χ0v) is 19.7. The first-order valence-electron chi connectivity index (χ1n) is 11.4. The van der Waals surface area contributed by atoms with Crippen LogP contribution in [-0.2, 0) is 10.2 Å². The number of amides is 2. The number of rotatable bonds is 12. The fraction of sp³-hybridized carbons (Fsp3) is 0.462. The zero-order chi connectivity index (χ0) is 23.4. The Balaban J connectivity index is 1.71. The van der Waals surface area contributed by atoms with Crippen LogP contribution in [0.25, 0.3) is 0 Å². The van der Waals surface area contributed by atoms with E-state index in [2.05, 4.69) is 38.5 Å². The van der Waals surface area contributed by atoms with E-state index in [1.807, 2.05) is 24.3 Å². The van der Waals surface area contributed by atoms with E-state index in [0.717, 1.165) is 25.0 Å². The summed E-state index contributed by atoms with van der Waals surface area (Å²) in [6, 6.07) is 14.6. The first kappa shape index (κ1) is 25.2. The third-order valence-electron chi connectivity index (χ3n) is 5.59. The highest BCUT2D eigenvalue weighted by Gasteiger charge is 2.17. The van der Waals surface area contributed by atoms with Crippen molar-refractivity contribution in [3.63, 3.8) is 0 Å². The van der Waals surface area contributed by atoms with Gasteiger partial charge in [-0.25, -0.2) is 0 Å². The monoisotopic (exact) mass is 440 g/mol. The van der Waals surface area contributed by atoms with Crippen molar-refractivity contribution in [3.05, 3.63) is 59.7 Å². The van der Waals surface area contributed by atoms with Crippen molar-refractivity contribution in [1.82, 2.24) is 10.9 Å². The zero-order valence-electron chi connectivity index (χ0n) is 19.7. The number of ether oxygens (including phenoxy) is 2. The standard InChI is InChI=1S/C26H36N2O4/c1-5-7-8-9-18-31-22-14-10-20(11-15-22)25(30)28-27-24(29)19-32-23-16-12-21(13-17-23)26(3,4)6-2/h10-17H,5-9,18-19H2,1-4H3,(H,27,29)(H,28,30). The maximum Gasteiger partial charge on any atom is 0.276 e. The Hall–Kier alpha value is -3.02. The number of nitrogens with one attached hydrogen (secondary N) is 2. The summed E-state index contributed by atoms with van der Waals surface area (Å²) >= 11 is 0. The molecule has 6 heteroatoms. The lowest BCUT2D eigenvalue weighted by atomic mass is 9.82. The normalized spacial score (nSPS) is 11.0. The van der Waals surface area contributed by atoms with Crippen molar-refractivity contribution < 1.29 is 19.1 Å². The molecule has 174 valence electrons. The third-order valence-corrected chi connectivity index (χ3v) is 5.59. The average molecular weight is 441 g/mol. The summed E-state index contributed by atoms with van der Waals surface area (Å²) in [5.74, 6) is 0.485. The molecule has 2 N–H and O–H groups in total. The maximum atomic E-state index is 12.2. The highest BCUT2D eigenvalue weighted by atomic mass is 16.5. The maximum absolute atomic E-state index is 12.2. The van der Waals surface area contributed by atoms with Crippen LogP contribution in [-0.4, -0.2) is 25.0 Å². The summed E-state index contributed by atoms with van der Waals surface area (Å²) in [7, 11) is 0. The molecule has 32 heavy (non-hydrogen) atoms. The Morgan fingerprint density at radius 3 is 2.06 bits per heavy atom. The van der Waals surface area contributed by atoms with Gasteiger partial charge in [0, 0.05) is 5.56 Å². The minimum absolute atomic E-state index is 0.0964. The van der Waals surface area contributed by atoms with Crippen LogP contribution in [0.2, 0.25) is 0 Å². The van der Waals surface area contributed by atoms with Crippen molar-refractivity contribution in [3.8, 4) is 11.5 Å². The molecule has 2 rings (SSSR count). The Kier molecular flexibility index (Phi) is 10.1. The predicted octanol–water partition coefficient (Wildman–Crippen LogP) is 5.17. The molecule has 0 bridgehead atoms. The smallest absolute Gasteiger partial charge is 0.276 e. The van der Waals surface area contributed by atoms with Gasteiger partial charge in [0.05, 0.1) is 6.61 Å². The van der Waals surface area contributed by atoms with Gasteiger partial charge < -0.3 is 9.47 Å². The van der Waals surface area contributed by atoms with Crippen LogP contribution in [0.5, 0.6) is 11.5 Å². The predicted molar refractivity (Wildman–Crippen MR) is 127 cm³/mol. The molecule has 2 amide bonds. The Morgan fingerprint density at radius 2 is 1.44 bits per heavy atom. The van der Waals surface area contributed by atoms with Crippen molar-refractivity contribution in [2.75, 3.05) is 13.2 Å². The summed E-state index contributed by atoms with van der Waals surface area (Å²) < 4.78 is 11.2. The van der Waals surface area contributed by atoms with Gasteiger partial charge in [0.2, 0.25) is 0 Å². The molecule has 0 saturated carbocycles. The molecule has 0 saturated heterocycles. The lowest BCUT2D eigenvalue weighted by molar-refractivity contribution is -0.123. The molecular formula is C26H36N2O4. The second-order valence-corrected chi connectivity index (χ2v) is 8.49. The largest absolute Gasteiger partial charge is 0.494 e. The molecule has 0 heterocycles. The third kappa shape index (κ3) is 8.25. The molecule has 0 unspecified atom stereocenters. The van der Waals surface area contributed by atoms with E-state index in [4.69, 9.17) is 9.47 Å². The second kappa shape index (κ2) is 12.7. The first-order chi connectivity index (χ1) is 15.4. The lowest BCUT2D eigenvalue weighted by Gasteiger charge is -2.23. The van der Waals surface area contributed by atoms with Gasteiger partial charge >= 0.3 is 0 Å². The molecule has 0 aliphatic carbocycles. The lowest BCUT2D eigenvalue weighted by Crippen LogP contribution is -2.43.